The molecular formula is C21H19FN2O3S. The minimum absolute atomic E-state index is 0.149. The molecular weight excluding hydrogens is 379 g/mol. The van der Waals surface area contributed by atoms with E-state index in [0.717, 1.165) is 0 Å². The van der Waals surface area contributed by atoms with E-state index in [0.29, 0.717) is 35.0 Å². The summed E-state index contributed by atoms with van der Waals surface area (Å²) in [5, 5.41) is 7.45. The maximum atomic E-state index is 12.8. The molecule has 0 aliphatic carbocycles. The zero-order chi connectivity index (χ0) is 19.8. The Hall–Kier alpha value is -3.19. The summed E-state index contributed by atoms with van der Waals surface area (Å²) in [5.74, 6) is -0.0858. The average molecular weight is 398 g/mol. The molecule has 2 N–H and O–H groups in total. The van der Waals surface area contributed by atoms with Crippen LogP contribution in [0.2, 0.25) is 0 Å². The average Bonchev–Trinajstić information content (AvgIpc) is 3.22. The molecule has 0 unspecified atom stereocenters. The number of anilines is 2. The molecule has 0 aliphatic rings. The molecule has 1 aromatic heterocycles. The maximum absolute atomic E-state index is 12.8. The Balaban J connectivity index is 1.43. The predicted molar refractivity (Wildman–Crippen MR) is 108 cm³/mol. The van der Waals surface area contributed by atoms with Gasteiger partial charge in [-0.15, -0.1) is 11.3 Å². The molecule has 144 valence electrons. The van der Waals surface area contributed by atoms with Crippen LogP contribution in [0, 0.1) is 5.82 Å². The first-order valence-corrected chi connectivity index (χ1v) is 9.61. The Morgan fingerprint density at radius 3 is 2.43 bits per heavy atom. The number of ether oxygens (including phenoxy) is 1. The van der Waals surface area contributed by atoms with Gasteiger partial charge < -0.3 is 15.4 Å². The second-order valence-corrected chi connectivity index (χ2v) is 6.91. The number of benzene rings is 2. The highest BCUT2D eigenvalue weighted by Crippen LogP contribution is 2.18. The number of hydrogen-bond acceptors (Lipinski definition) is 4. The van der Waals surface area contributed by atoms with E-state index >= 15 is 0 Å². The Morgan fingerprint density at radius 1 is 0.964 bits per heavy atom. The molecule has 0 bridgehead atoms. The van der Waals surface area contributed by atoms with Gasteiger partial charge in [0, 0.05) is 17.8 Å². The van der Waals surface area contributed by atoms with Crippen molar-refractivity contribution in [1.29, 1.82) is 0 Å². The molecule has 0 fully saturated rings. The van der Waals surface area contributed by atoms with Crippen molar-refractivity contribution in [3.63, 3.8) is 0 Å². The second kappa shape index (κ2) is 9.66. The number of amides is 2. The number of nitrogens with one attached hydrogen (secondary N) is 2. The van der Waals surface area contributed by atoms with Crippen LogP contribution >= 0.6 is 11.3 Å². The first-order valence-electron chi connectivity index (χ1n) is 8.73. The number of carbonyl (C=O) groups is 2. The highest BCUT2D eigenvalue weighted by Gasteiger charge is 2.08. The third-order valence-corrected chi connectivity index (χ3v) is 4.65. The van der Waals surface area contributed by atoms with Crippen LogP contribution in [-0.4, -0.2) is 18.4 Å². The van der Waals surface area contributed by atoms with Crippen molar-refractivity contribution in [1.82, 2.24) is 0 Å². The molecule has 0 saturated heterocycles. The summed E-state index contributed by atoms with van der Waals surface area (Å²) in [4.78, 5) is 24.8. The molecule has 0 spiro atoms. The molecule has 3 rings (SSSR count). The lowest BCUT2D eigenvalue weighted by Gasteiger charge is -2.09. The monoisotopic (exact) mass is 398 g/mol. The number of rotatable bonds is 8. The third kappa shape index (κ3) is 5.92. The summed E-state index contributed by atoms with van der Waals surface area (Å²) in [6, 6.07) is 16.3. The lowest BCUT2D eigenvalue weighted by Crippen LogP contribution is -2.14. The van der Waals surface area contributed by atoms with Crippen LogP contribution in [0.5, 0.6) is 5.75 Å². The molecule has 0 saturated carbocycles. The van der Waals surface area contributed by atoms with Gasteiger partial charge in [-0.25, -0.2) is 4.39 Å². The van der Waals surface area contributed by atoms with Crippen LogP contribution in [-0.2, 0) is 4.79 Å². The van der Waals surface area contributed by atoms with E-state index in [1.54, 1.807) is 42.5 Å². The summed E-state index contributed by atoms with van der Waals surface area (Å²) >= 11 is 1.36. The van der Waals surface area contributed by atoms with E-state index < -0.39 is 0 Å². The zero-order valence-corrected chi connectivity index (χ0v) is 15.8. The quantitative estimate of drug-likeness (QED) is 0.528. The van der Waals surface area contributed by atoms with Crippen LogP contribution in [0.4, 0.5) is 15.8 Å². The zero-order valence-electron chi connectivity index (χ0n) is 15.0. The van der Waals surface area contributed by atoms with Crippen molar-refractivity contribution in [3.8, 4) is 5.75 Å². The molecule has 0 aliphatic heterocycles. The SMILES string of the molecule is O=C(CCCOc1ccc(F)cc1)Nc1cccc(NC(=O)c2cccs2)c1. The van der Waals surface area contributed by atoms with E-state index in [2.05, 4.69) is 10.6 Å². The molecule has 1 heterocycles. The molecule has 3 aromatic rings. The minimum Gasteiger partial charge on any atom is -0.494 e. The topological polar surface area (TPSA) is 67.4 Å². The Bertz CT molecular complexity index is 927. The van der Waals surface area contributed by atoms with Crippen molar-refractivity contribution in [3.05, 3.63) is 76.7 Å². The van der Waals surface area contributed by atoms with Crippen molar-refractivity contribution in [2.75, 3.05) is 17.2 Å². The van der Waals surface area contributed by atoms with Gasteiger partial charge in [-0.1, -0.05) is 12.1 Å². The summed E-state index contributed by atoms with van der Waals surface area (Å²) in [7, 11) is 0. The predicted octanol–water partition coefficient (Wildman–Crippen LogP) is 4.94. The first-order chi connectivity index (χ1) is 13.6. The van der Waals surface area contributed by atoms with Crippen molar-refractivity contribution < 1.29 is 18.7 Å². The summed E-state index contributed by atoms with van der Waals surface area (Å²) in [5.41, 5.74) is 1.21. The lowest BCUT2D eigenvalue weighted by atomic mass is 10.2. The van der Waals surface area contributed by atoms with E-state index in [9.17, 15) is 14.0 Å². The van der Waals surface area contributed by atoms with Crippen LogP contribution < -0.4 is 15.4 Å². The molecule has 2 amide bonds. The smallest absolute Gasteiger partial charge is 0.265 e. The van der Waals surface area contributed by atoms with Crippen LogP contribution in [0.15, 0.2) is 66.0 Å². The van der Waals surface area contributed by atoms with Crippen LogP contribution in [0.1, 0.15) is 22.5 Å². The first kappa shape index (κ1) is 19.6. The van der Waals surface area contributed by atoms with Gasteiger partial charge in [-0.3, -0.25) is 9.59 Å². The van der Waals surface area contributed by atoms with Crippen LogP contribution in [0.3, 0.4) is 0 Å². The Morgan fingerprint density at radius 2 is 1.71 bits per heavy atom. The van der Waals surface area contributed by atoms with E-state index in [1.165, 1.54) is 23.5 Å². The minimum atomic E-state index is -0.319. The largest absolute Gasteiger partial charge is 0.494 e. The summed E-state index contributed by atoms with van der Waals surface area (Å²) in [6.07, 6.45) is 0.811. The highest BCUT2D eigenvalue weighted by atomic mass is 32.1. The van der Waals surface area contributed by atoms with E-state index in [-0.39, 0.29) is 24.1 Å². The standard InChI is InChI=1S/C21H19FN2O3S/c22-15-8-10-18(11-9-15)27-12-2-7-20(25)23-16-4-1-5-17(14-16)24-21(26)19-6-3-13-28-19/h1,3-6,8-11,13-14H,2,7,12H2,(H,23,25)(H,24,26). The lowest BCUT2D eigenvalue weighted by molar-refractivity contribution is -0.116. The van der Waals surface area contributed by atoms with Gasteiger partial charge in [-0.05, 0) is 60.3 Å². The molecule has 0 radical (unpaired) electrons. The molecule has 28 heavy (non-hydrogen) atoms. The van der Waals surface area contributed by atoms with Gasteiger partial charge in [0.15, 0.2) is 0 Å². The molecule has 0 atom stereocenters. The highest BCUT2D eigenvalue weighted by molar-refractivity contribution is 7.12. The fraction of sp³-hybridized carbons (Fsp3) is 0.143. The maximum Gasteiger partial charge on any atom is 0.265 e. The Labute approximate surface area is 166 Å². The molecule has 5 nitrogen and oxygen atoms in total. The fourth-order valence-electron chi connectivity index (χ4n) is 2.45. The van der Waals surface area contributed by atoms with Crippen LogP contribution in [0.25, 0.3) is 0 Å². The number of halogens is 1. The third-order valence-electron chi connectivity index (χ3n) is 3.78. The van der Waals surface area contributed by atoms with Crippen molar-refractivity contribution >= 4 is 34.5 Å². The van der Waals surface area contributed by atoms with Crippen molar-refractivity contribution in [2.45, 2.75) is 12.8 Å². The molecule has 2 aromatic carbocycles. The normalized spacial score (nSPS) is 10.3. The fourth-order valence-corrected chi connectivity index (χ4v) is 3.07. The second-order valence-electron chi connectivity index (χ2n) is 5.97. The van der Waals surface area contributed by atoms with Gasteiger partial charge in [0.05, 0.1) is 11.5 Å². The number of hydrogen-bond donors (Lipinski definition) is 2. The van der Waals surface area contributed by atoms with Gasteiger partial charge in [0.1, 0.15) is 11.6 Å². The summed E-state index contributed by atoms with van der Waals surface area (Å²) in [6.45, 7) is 0.357. The van der Waals surface area contributed by atoms with Gasteiger partial charge in [0.25, 0.3) is 5.91 Å². The summed E-state index contributed by atoms with van der Waals surface area (Å²) < 4.78 is 18.3. The number of thiophene rings is 1. The van der Waals surface area contributed by atoms with Gasteiger partial charge in [0.2, 0.25) is 5.91 Å². The number of carbonyl (C=O) groups excluding carboxylic acids is 2. The van der Waals surface area contributed by atoms with Crippen molar-refractivity contribution in [2.24, 2.45) is 0 Å². The Kier molecular flexibility index (Phi) is 6.75. The van der Waals surface area contributed by atoms with Gasteiger partial charge in [-0.2, -0.15) is 0 Å². The molecule has 7 heteroatoms. The van der Waals surface area contributed by atoms with Gasteiger partial charge >= 0.3 is 0 Å². The van der Waals surface area contributed by atoms with E-state index in [4.69, 9.17) is 4.74 Å². The van der Waals surface area contributed by atoms with E-state index in [1.807, 2.05) is 11.4 Å².